The third-order valence-corrected chi connectivity index (χ3v) is 4.12. The van der Waals surface area contributed by atoms with Crippen molar-refractivity contribution >= 4 is 16.8 Å². The lowest BCUT2D eigenvalue weighted by molar-refractivity contribution is -0.658. The minimum atomic E-state index is -2.67. The molecule has 26 heavy (non-hydrogen) atoms. The van der Waals surface area contributed by atoms with Crippen molar-refractivity contribution in [1.82, 2.24) is 4.57 Å². The average molecular weight is 425 g/mol. The van der Waals surface area contributed by atoms with Gasteiger partial charge in [-0.15, -0.1) is 0 Å². The Bertz CT molecular complexity index is 959. The monoisotopic (exact) mass is 424 g/mol. The van der Waals surface area contributed by atoms with Crippen molar-refractivity contribution in [3.63, 3.8) is 0 Å². The molecular weight excluding hydrogens is 410 g/mol. The molecule has 0 aliphatic carbocycles. The van der Waals surface area contributed by atoms with Gasteiger partial charge >= 0.3 is 6.55 Å². The number of aromatic nitrogens is 2. The van der Waals surface area contributed by atoms with E-state index in [0.717, 1.165) is 4.57 Å². The van der Waals surface area contributed by atoms with Crippen LogP contribution in [-0.4, -0.2) is 23.6 Å². The fourth-order valence-electron chi connectivity index (χ4n) is 2.94. The van der Waals surface area contributed by atoms with Crippen molar-refractivity contribution in [3.8, 4) is 11.5 Å². The Kier molecular flexibility index (Phi) is 5.22. The largest absolute Gasteiger partial charge is 1.00 e. The van der Waals surface area contributed by atoms with Gasteiger partial charge in [0.05, 0.1) is 0 Å². The topological polar surface area (TPSA) is 44.3 Å². The van der Waals surface area contributed by atoms with E-state index >= 15 is 0 Å². The third-order valence-electron chi connectivity index (χ3n) is 4.12. The number of ketones is 1. The van der Waals surface area contributed by atoms with Crippen LogP contribution in [0.25, 0.3) is 11.0 Å². The molecule has 4 rings (SSSR count). The number of ether oxygens (including phenoxy) is 2. The van der Waals surface area contributed by atoms with Crippen molar-refractivity contribution < 1.29 is 44.6 Å². The van der Waals surface area contributed by atoms with Gasteiger partial charge in [0.15, 0.2) is 29.1 Å². The molecule has 2 heterocycles. The maximum atomic E-state index is 13.2. The number of para-hydroxylation sites is 2. The zero-order valence-electron chi connectivity index (χ0n) is 13.6. The molecule has 0 amide bonds. The number of hydrogen-bond acceptors (Lipinski definition) is 3. The second-order valence-electron chi connectivity index (χ2n) is 5.70. The molecule has 0 radical (unpaired) electrons. The predicted octanol–water partition coefficient (Wildman–Crippen LogP) is -0.0180. The lowest BCUT2D eigenvalue weighted by Crippen LogP contribution is -3.00. The van der Waals surface area contributed by atoms with Crippen LogP contribution in [0.4, 0.5) is 8.78 Å². The summed E-state index contributed by atoms with van der Waals surface area (Å²) in [5.41, 5.74) is 1.41. The highest BCUT2D eigenvalue weighted by Crippen LogP contribution is 2.31. The quantitative estimate of drug-likeness (QED) is 0.436. The second-order valence-corrected chi connectivity index (χ2v) is 5.70. The molecule has 0 saturated carbocycles. The molecule has 5 nitrogen and oxygen atoms in total. The summed E-state index contributed by atoms with van der Waals surface area (Å²) in [5, 5.41) is 0. The molecule has 0 spiro atoms. The van der Waals surface area contributed by atoms with E-state index in [9.17, 15) is 13.6 Å². The molecule has 0 bridgehead atoms. The highest BCUT2D eigenvalue weighted by molar-refractivity contribution is 5.96. The van der Waals surface area contributed by atoms with Crippen molar-refractivity contribution in [3.05, 3.63) is 54.4 Å². The Labute approximate surface area is 158 Å². The average Bonchev–Trinajstić information content (AvgIpc) is 3.00. The van der Waals surface area contributed by atoms with Gasteiger partial charge in [-0.25, -0.2) is 4.57 Å². The van der Waals surface area contributed by atoms with E-state index in [0.29, 0.717) is 41.3 Å². The lowest BCUT2D eigenvalue weighted by atomic mass is 10.1. The van der Waals surface area contributed by atoms with Gasteiger partial charge in [0.2, 0.25) is 12.1 Å². The molecule has 2 aromatic carbocycles. The number of nitrogens with zero attached hydrogens (tertiary/aromatic N) is 2. The maximum absolute atomic E-state index is 13.2. The fraction of sp³-hybridized carbons (Fsp3) is 0.222. The van der Waals surface area contributed by atoms with Gasteiger partial charge in [0, 0.05) is 5.56 Å². The number of Topliss-reactive ketones (excluding diaryl/α,β-unsaturated/α-hetero) is 1. The normalized spacial score (nSPS) is 12.9. The summed E-state index contributed by atoms with van der Waals surface area (Å²) in [5.74, 6) is 0.931. The zero-order valence-corrected chi connectivity index (χ0v) is 15.2. The number of alkyl halides is 2. The Balaban J connectivity index is 0.00000196. The van der Waals surface area contributed by atoms with Crippen molar-refractivity contribution in [1.29, 1.82) is 0 Å². The number of halogens is 3. The van der Waals surface area contributed by atoms with Crippen LogP contribution in [0.1, 0.15) is 16.9 Å². The number of carbonyl (C=O) groups is 1. The first kappa shape index (κ1) is 18.3. The van der Waals surface area contributed by atoms with E-state index < -0.39 is 6.55 Å². The third kappa shape index (κ3) is 3.29. The summed E-state index contributed by atoms with van der Waals surface area (Å²) in [6, 6.07) is 11.7. The van der Waals surface area contributed by atoms with E-state index in [1.807, 2.05) is 0 Å². The highest BCUT2D eigenvalue weighted by Gasteiger charge is 2.24. The lowest BCUT2D eigenvalue weighted by Gasteiger charge is -2.18. The van der Waals surface area contributed by atoms with Gasteiger partial charge in [-0.3, -0.25) is 4.79 Å². The number of fused-ring (bicyclic) bond motifs is 2. The summed E-state index contributed by atoms with van der Waals surface area (Å²) in [4.78, 5) is 12.6. The second kappa shape index (κ2) is 7.41. The number of hydrogen-bond donors (Lipinski definition) is 0. The van der Waals surface area contributed by atoms with Gasteiger partial charge < -0.3 is 26.5 Å². The van der Waals surface area contributed by atoms with Crippen LogP contribution in [-0.2, 0) is 6.54 Å². The summed E-state index contributed by atoms with van der Waals surface area (Å²) in [7, 11) is 0. The molecule has 136 valence electrons. The Morgan fingerprint density at radius 3 is 2.62 bits per heavy atom. The van der Waals surface area contributed by atoms with E-state index in [1.165, 1.54) is 10.9 Å². The molecule has 0 saturated heterocycles. The van der Waals surface area contributed by atoms with E-state index in [4.69, 9.17) is 9.47 Å². The van der Waals surface area contributed by atoms with Crippen LogP contribution in [0.15, 0.2) is 48.8 Å². The van der Waals surface area contributed by atoms with E-state index in [2.05, 4.69) is 0 Å². The zero-order chi connectivity index (χ0) is 17.4. The summed E-state index contributed by atoms with van der Waals surface area (Å²) < 4.78 is 39.7. The van der Waals surface area contributed by atoms with Crippen LogP contribution >= 0.6 is 0 Å². The first-order chi connectivity index (χ1) is 12.1. The van der Waals surface area contributed by atoms with Gasteiger partial charge in [-0.2, -0.15) is 13.3 Å². The first-order valence-corrected chi connectivity index (χ1v) is 7.83. The van der Waals surface area contributed by atoms with E-state index in [-0.39, 0.29) is 29.3 Å². The van der Waals surface area contributed by atoms with Crippen molar-refractivity contribution in [2.45, 2.75) is 13.1 Å². The number of benzene rings is 2. The van der Waals surface area contributed by atoms with Crippen LogP contribution in [0, 0.1) is 0 Å². The molecule has 1 aliphatic heterocycles. The Hall–Kier alpha value is -2.48. The summed E-state index contributed by atoms with van der Waals surface area (Å²) in [6.07, 6.45) is 1.27. The molecule has 8 heteroatoms. The highest BCUT2D eigenvalue weighted by atomic mass is 79.9. The molecular formula is C18H15BrF2N2O3. The standard InChI is InChI=1S/C18H15F2N2O3.BrH/c19-18(20)22-11-21(13-3-1-2-4-14(13)22)10-15(23)12-5-6-16-17(9-12)25-8-7-24-16;/h1-6,9,11,18H,7-8,10H2;1H/q+1;/p-1. The van der Waals surface area contributed by atoms with E-state index in [1.54, 1.807) is 42.5 Å². The molecule has 0 unspecified atom stereocenters. The SMILES string of the molecule is O=C(C[n+]1cn(C(F)F)c2ccccc21)c1ccc2c(c1)OCCO2.[Br-]. The number of imidazole rings is 1. The number of carbonyl (C=O) groups excluding carboxylic acids is 1. The van der Waals surface area contributed by atoms with Crippen LogP contribution in [0.2, 0.25) is 0 Å². The smallest absolute Gasteiger partial charge is 0.387 e. The van der Waals surface area contributed by atoms with Gasteiger partial charge in [-0.1, -0.05) is 12.1 Å². The molecule has 1 aliphatic rings. The maximum Gasteiger partial charge on any atom is 0.387 e. The predicted molar refractivity (Wildman–Crippen MR) is 85.1 cm³/mol. The molecule has 1 aromatic heterocycles. The minimum Gasteiger partial charge on any atom is -1.00 e. The minimum absolute atomic E-state index is 0. The van der Waals surface area contributed by atoms with Crippen LogP contribution in [0.5, 0.6) is 11.5 Å². The fourth-order valence-corrected chi connectivity index (χ4v) is 2.94. The molecule has 0 atom stereocenters. The molecule has 0 N–H and O–H groups in total. The van der Waals surface area contributed by atoms with Crippen molar-refractivity contribution in [2.75, 3.05) is 13.2 Å². The Morgan fingerprint density at radius 1 is 1.12 bits per heavy atom. The Morgan fingerprint density at radius 2 is 1.85 bits per heavy atom. The first-order valence-electron chi connectivity index (χ1n) is 7.83. The van der Waals surface area contributed by atoms with Crippen LogP contribution in [0.3, 0.4) is 0 Å². The number of rotatable bonds is 4. The molecule has 0 fully saturated rings. The molecule has 3 aromatic rings. The van der Waals surface area contributed by atoms with Crippen LogP contribution < -0.4 is 31.0 Å². The van der Waals surface area contributed by atoms with Gasteiger partial charge in [-0.05, 0) is 30.3 Å². The summed E-state index contributed by atoms with van der Waals surface area (Å²) >= 11 is 0. The summed E-state index contributed by atoms with van der Waals surface area (Å²) in [6.45, 7) is -1.81. The van der Waals surface area contributed by atoms with Crippen molar-refractivity contribution in [2.24, 2.45) is 0 Å². The van der Waals surface area contributed by atoms with Gasteiger partial charge in [0.25, 0.3) is 0 Å². The van der Waals surface area contributed by atoms with Gasteiger partial charge in [0.1, 0.15) is 13.2 Å².